The van der Waals surface area contributed by atoms with Gasteiger partial charge in [-0.1, -0.05) is 0 Å². The predicted octanol–water partition coefficient (Wildman–Crippen LogP) is 1.26. The first-order valence-corrected chi connectivity index (χ1v) is 7.40. The summed E-state index contributed by atoms with van der Waals surface area (Å²) in [6.45, 7) is -0.849. The zero-order valence-electron chi connectivity index (χ0n) is 13.9. The number of hydrogen-bond acceptors (Lipinski definition) is 6. The maximum absolute atomic E-state index is 13.4. The zero-order valence-corrected chi connectivity index (χ0v) is 13.9. The van der Waals surface area contributed by atoms with E-state index in [2.05, 4.69) is 9.47 Å². The maximum Gasteiger partial charge on any atom is 0.331 e. The number of H-pyrrole nitrogens is 1. The topological polar surface area (TPSA) is 107 Å². The van der Waals surface area contributed by atoms with E-state index in [-0.39, 0.29) is 0 Å². The van der Waals surface area contributed by atoms with Crippen LogP contribution in [0.25, 0.3) is 0 Å². The van der Waals surface area contributed by atoms with E-state index in [1.54, 1.807) is 4.98 Å². The highest BCUT2D eigenvalue weighted by Crippen LogP contribution is 2.29. The van der Waals surface area contributed by atoms with Crippen molar-refractivity contribution < 1.29 is 45.4 Å². The molecule has 14 heteroatoms. The molecule has 2 aromatic rings. The van der Waals surface area contributed by atoms with E-state index in [4.69, 9.17) is 0 Å². The van der Waals surface area contributed by atoms with Gasteiger partial charge in [0.1, 0.15) is 0 Å². The molecule has 0 aliphatic rings. The van der Waals surface area contributed by atoms with E-state index < -0.39 is 83.4 Å². The fourth-order valence-corrected chi connectivity index (χ4v) is 1.84. The van der Waals surface area contributed by atoms with Crippen LogP contribution in [0.1, 0.15) is 12.8 Å². The zero-order chi connectivity index (χ0) is 21.9. The third-order valence-electron chi connectivity index (χ3n) is 3.25. The van der Waals surface area contributed by atoms with Crippen molar-refractivity contribution in [3.63, 3.8) is 0 Å². The number of aromatic amines is 1. The number of nitrogens with zero attached hydrogens (tertiary/aromatic N) is 1. The minimum Gasteiger partial charge on any atom is -0.444 e. The van der Waals surface area contributed by atoms with Crippen molar-refractivity contribution in [2.45, 2.75) is 19.6 Å². The number of benzene rings is 1. The summed E-state index contributed by atoms with van der Waals surface area (Å²) in [7, 11) is 0. The molecule has 156 valence electrons. The molecule has 2 rings (SSSR count). The van der Waals surface area contributed by atoms with Crippen LogP contribution in [0.5, 0.6) is 5.75 Å². The Balaban J connectivity index is 1.95. The molecule has 1 heterocycles. The molecular formula is C15H8F6N2O6. The molecule has 0 spiro atoms. The van der Waals surface area contributed by atoms with Gasteiger partial charge in [0, 0.05) is 0 Å². The van der Waals surface area contributed by atoms with E-state index in [0.29, 0.717) is 10.8 Å². The first-order chi connectivity index (χ1) is 13.5. The molecule has 1 aromatic heterocycles. The molecule has 0 saturated heterocycles. The van der Waals surface area contributed by atoms with Gasteiger partial charge in [-0.3, -0.25) is 23.9 Å². The minimum absolute atomic E-state index is 0.450. The van der Waals surface area contributed by atoms with Crippen molar-refractivity contribution in [3.05, 3.63) is 61.9 Å². The van der Waals surface area contributed by atoms with Gasteiger partial charge in [0.25, 0.3) is 5.56 Å². The van der Waals surface area contributed by atoms with Gasteiger partial charge in [-0.25, -0.2) is 18.0 Å². The van der Waals surface area contributed by atoms with E-state index in [1.165, 1.54) is 0 Å². The highest BCUT2D eigenvalue weighted by atomic mass is 19.2. The fourth-order valence-electron chi connectivity index (χ4n) is 1.84. The molecule has 0 atom stereocenters. The first-order valence-electron chi connectivity index (χ1n) is 7.40. The van der Waals surface area contributed by atoms with Crippen LogP contribution in [-0.4, -0.2) is 21.5 Å². The van der Waals surface area contributed by atoms with Gasteiger partial charge < -0.3 is 9.47 Å². The summed E-state index contributed by atoms with van der Waals surface area (Å²) in [6.07, 6.45) is -1.23. The molecule has 0 bridgehead atoms. The summed E-state index contributed by atoms with van der Waals surface area (Å²) < 4.78 is 87.8. The second-order valence-corrected chi connectivity index (χ2v) is 5.22. The number of ether oxygens (including phenoxy) is 2. The smallest absolute Gasteiger partial charge is 0.331 e. The van der Waals surface area contributed by atoms with Gasteiger partial charge in [0.2, 0.25) is 40.7 Å². The highest BCUT2D eigenvalue weighted by molar-refractivity contribution is 5.79. The Labute approximate surface area is 155 Å². The van der Waals surface area contributed by atoms with Gasteiger partial charge in [-0.2, -0.15) is 13.2 Å². The molecule has 29 heavy (non-hydrogen) atoms. The lowest BCUT2D eigenvalue weighted by Gasteiger charge is -2.09. The van der Waals surface area contributed by atoms with Crippen molar-refractivity contribution in [1.29, 1.82) is 0 Å². The van der Waals surface area contributed by atoms with E-state index in [0.717, 1.165) is 0 Å². The Bertz CT molecular complexity index is 1070. The number of carbonyl (C=O) groups excluding carboxylic acids is 2. The number of rotatable bonds is 6. The molecule has 0 saturated carbocycles. The number of nitrogens with one attached hydrogen (secondary N) is 1. The Morgan fingerprint density at radius 2 is 1.38 bits per heavy atom. The Morgan fingerprint density at radius 1 is 0.862 bits per heavy atom. The van der Waals surface area contributed by atoms with Gasteiger partial charge in [-0.05, 0) is 0 Å². The quantitative estimate of drug-likeness (QED) is 0.245. The van der Waals surface area contributed by atoms with Crippen LogP contribution in [0.15, 0.2) is 15.8 Å². The summed E-state index contributed by atoms with van der Waals surface area (Å²) in [5.41, 5.74) is -2.40. The van der Waals surface area contributed by atoms with Crippen LogP contribution in [0.4, 0.5) is 26.3 Å². The van der Waals surface area contributed by atoms with E-state index >= 15 is 0 Å². The molecule has 0 aliphatic carbocycles. The summed E-state index contributed by atoms with van der Waals surface area (Å²) in [5, 5.41) is 0. The van der Waals surface area contributed by atoms with Crippen LogP contribution < -0.4 is 16.0 Å². The van der Waals surface area contributed by atoms with Gasteiger partial charge in [-0.15, -0.1) is 0 Å². The van der Waals surface area contributed by atoms with Crippen molar-refractivity contribution >= 4 is 11.9 Å². The SMILES string of the molecule is O=C(CCC(=O)Oc1c(F)c(F)c(F)c(F)c1F)OCn1cc(F)c(=O)[nH]c1=O. The van der Waals surface area contributed by atoms with Crippen molar-refractivity contribution in [1.82, 2.24) is 9.55 Å². The molecule has 8 nitrogen and oxygen atoms in total. The molecule has 1 N–H and O–H groups in total. The highest BCUT2D eigenvalue weighted by Gasteiger charge is 2.28. The van der Waals surface area contributed by atoms with Crippen molar-refractivity contribution in [3.8, 4) is 5.75 Å². The number of halogens is 6. The molecule has 0 amide bonds. The van der Waals surface area contributed by atoms with E-state index in [9.17, 15) is 45.5 Å². The normalized spacial score (nSPS) is 10.7. The fraction of sp³-hybridized carbons (Fsp3) is 0.200. The summed E-state index contributed by atoms with van der Waals surface area (Å²) in [6, 6.07) is 0. The lowest BCUT2D eigenvalue weighted by molar-refractivity contribution is -0.150. The molecule has 0 unspecified atom stereocenters. The third kappa shape index (κ3) is 4.83. The van der Waals surface area contributed by atoms with Gasteiger partial charge in [0.05, 0.1) is 19.0 Å². The molecular weight excluding hydrogens is 418 g/mol. The number of aromatic nitrogens is 2. The summed E-state index contributed by atoms with van der Waals surface area (Å²) in [5.74, 6) is -17.7. The number of esters is 2. The van der Waals surface area contributed by atoms with Crippen LogP contribution in [0, 0.1) is 34.9 Å². The lowest BCUT2D eigenvalue weighted by Crippen LogP contribution is -2.32. The van der Waals surface area contributed by atoms with Crippen LogP contribution >= 0.6 is 0 Å². The van der Waals surface area contributed by atoms with Crippen molar-refractivity contribution in [2.24, 2.45) is 0 Å². The maximum atomic E-state index is 13.4. The van der Waals surface area contributed by atoms with Crippen LogP contribution in [0.2, 0.25) is 0 Å². The number of hydrogen-bond donors (Lipinski definition) is 1. The largest absolute Gasteiger partial charge is 0.444 e. The van der Waals surface area contributed by atoms with Crippen LogP contribution in [-0.2, 0) is 21.1 Å². The van der Waals surface area contributed by atoms with Gasteiger partial charge >= 0.3 is 17.6 Å². The monoisotopic (exact) mass is 426 g/mol. The van der Waals surface area contributed by atoms with Crippen molar-refractivity contribution in [2.75, 3.05) is 0 Å². The van der Waals surface area contributed by atoms with E-state index in [1.807, 2.05) is 0 Å². The third-order valence-corrected chi connectivity index (χ3v) is 3.25. The average Bonchev–Trinajstić information content (AvgIpc) is 2.68. The molecule has 0 radical (unpaired) electrons. The minimum atomic E-state index is -2.45. The Kier molecular flexibility index (Phi) is 6.45. The second-order valence-electron chi connectivity index (χ2n) is 5.22. The first kappa shape index (κ1) is 21.7. The van der Waals surface area contributed by atoms with Crippen LogP contribution in [0.3, 0.4) is 0 Å². The summed E-state index contributed by atoms with van der Waals surface area (Å²) in [4.78, 5) is 46.7. The average molecular weight is 426 g/mol. The second kappa shape index (κ2) is 8.62. The lowest BCUT2D eigenvalue weighted by atomic mass is 10.2. The molecule has 0 fully saturated rings. The molecule has 1 aromatic carbocycles. The predicted molar refractivity (Wildman–Crippen MR) is 78.5 cm³/mol. The summed E-state index contributed by atoms with van der Waals surface area (Å²) >= 11 is 0. The van der Waals surface area contributed by atoms with Gasteiger partial charge in [0.15, 0.2) is 6.73 Å². The Morgan fingerprint density at radius 3 is 1.97 bits per heavy atom. The molecule has 0 aliphatic heterocycles. The number of carbonyl (C=O) groups is 2. The standard InChI is InChI=1S/C15H8F6N2O6/c16-5-3-23(15(27)22-14(5)26)4-28-6(24)1-2-7(25)29-13-11(20)9(18)8(17)10(19)12(13)21/h3H,1-2,4H2,(H,22,26,27). The Hall–Kier alpha value is -3.58.